The van der Waals surface area contributed by atoms with E-state index in [2.05, 4.69) is 48.5 Å². The first-order valence-corrected chi connectivity index (χ1v) is 16.1. The van der Waals surface area contributed by atoms with Gasteiger partial charge in [-0.05, 0) is 72.5 Å². The van der Waals surface area contributed by atoms with Crippen LogP contribution < -0.4 is 0 Å². The van der Waals surface area contributed by atoms with Crippen molar-refractivity contribution >= 4 is 11.9 Å². The van der Waals surface area contributed by atoms with Crippen molar-refractivity contribution in [2.75, 3.05) is 0 Å². The van der Waals surface area contributed by atoms with Gasteiger partial charge in [0.05, 0.1) is 18.3 Å². The fourth-order valence-corrected chi connectivity index (χ4v) is 11.0. The number of aliphatic hydroxyl groups is 3. The van der Waals surface area contributed by atoms with Crippen molar-refractivity contribution in [1.82, 2.24) is 0 Å². The maximum atomic E-state index is 12.7. The van der Waals surface area contributed by atoms with Crippen molar-refractivity contribution in [3.8, 4) is 0 Å². The van der Waals surface area contributed by atoms with Gasteiger partial charge in [-0.15, -0.1) is 0 Å². The number of carbonyl (C=O) groups is 2. The third-order valence-electron chi connectivity index (χ3n) is 13.5. The third-order valence-corrected chi connectivity index (χ3v) is 13.5. The summed E-state index contributed by atoms with van der Waals surface area (Å²) in [6.07, 6.45) is 1.85. The molecule has 0 amide bonds. The summed E-state index contributed by atoms with van der Waals surface area (Å²) < 4.78 is 12.2. The van der Waals surface area contributed by atoms with Crippen LogP contribution in [0.4, 0.5) is 0 Å². The molecule has 0 heterocycles. The number of ether oxygens (including phenoxy) is 2. The van der Waals surface area contributed by atoms with Gasteiger partial charge >= 0.3 is 11.9 Å². The van der Waals surface area contributed by atoms with Crippen LogP contribution in [0.25, 0.3) is 0 Å². The van der Waals surface area contributed by atoms with Crippen LogP contribution in [0.5, 0.6) is 0 Å². The number of esters is 2. The van der Waals surface area contributed by atoms with Gasteiger partial charge in [0, 0.05) is 37.0 Å². The molecule has 0 saturated heterocycles. The van der Waals surface area contributed by atoms with E-state index in [9.17, 15) is 24.9 Å². The highest BCUT2D eigenvalue weighted by Crippen LogP contribution is 2.72. The molecule has 7 heteroatoms. The Hall–Kier alpha value is -1.44. The normalized spacial score (nSPS) is 50.1. The van der Waals surface area contributed by atoms with Gasteiger partial charge < -0.3 is 24.8 Å². The smallest absolute Gasteiger partial charge is 0.303 e. The largest absolute Gasteiger partial charge is 0.462 e. The molecule has 0 aromatic rings. The summed E-state index contributed by atoms with van der Waals surface area (Å²) in [5, 5.41) is 34.6. The van der Waals surface area contributed by atoms with Crippen LogP contribution in [0.3, 0.4) is 0 Å². The zero-order valence-corrected chi connectivity index (χ0v) is 26.6. The molecule has 0 aromatic carbocycles. The molecule has 8 unspecified atom stereocenters. The number of carbonyl (C=O) groups excluding carboxylic acids is 2. The highest BCUT2D eigenvalue weighted by atomic mass is 16.6. The minimum atomic E-state index is -0.991. The molecule has 232 valence electrons. The Morgan fingerprint density at radius 2 is 1.59 bits per heavy atom. The van der Waals surface area contributed by atoms with E-state index >= 15 is 0 Å². The van der Waals surface area contributed by atoms with E-state index in [-0.39, 0.29) is 35.1 Å². The zero-order chi connectivity index (χ0) is 30.4. The van der Waals surface area contributed by atoms with Gasteiger partial charge in [-0.3, -0.25) is 9.59 Å². The van der Waals surface area contributed by atoms with Crippen LogP contribution in [0.15, 0.2) is 11.6 Å². The van der Waals surface area contributed by atoms with Gasteiger partial charge in [-0.25, -0.2) is 0 Å². The van der Waals surface area contributed by atoms with Gasteiger partial charge in [0.25, 0.3) is 0 Å². The first kappa shape index (κ1) is 31.0. The van der Waals surface area contributed by atoms with Crippen LogP contribution in [0, 0.1) is 63.6 Å². The first-order valence-electron chi connectivity index (χ1n) is 16.1. The fourth-order valence-electron chi connectivity index (χ4n) is 11.0. The second-order valence-electron chi connectivity index (χ2n) is 15.7. The van der Waals surface area contributed by atoms with Crippen molar-refractivity contribution in [2.24, 2.45) is 63.6 Å². The van der Waals surface area contributed by atoms with E-state index in [4.69, 9.17) is 9.47 Å². The molecule has 3 N–H and O–H groups in total. The Morgan fingerprint density at radius 3 is 2.17 bits per heavy atom. The molecular formula is C34H54O7. The predicted octanol–water partition coefficient (Wildman–Crippen LogP) is 4.91. The first-order chi connectivity index (χ1) is 19.0. The lowest BCUT2D eigenvalue weighted by molar-refractivity contribution is -0.239. The number of rotatable bonds is 6. The number of hydrogen-bond acceptors (Lipinski definition) is 7. The predicted molar refractivity (Wildman–Crippen MR) is 155 cm³/mol. The third kappa shape index (κ3) is 4.63. The van der Waals surface area contributed by atoms with Crippen molar-refractivity contribution < 1.29 is 34.4 Å². The lowest BCUT2D eigenvalue weighted by atomic mass is 9.44. The van der Waals surface area contributed by atoms with Crippen molar-refractivity contribution in [1.29, 1.82) is 0 Å². The van der Waals surface area contributed by atoms with Gasteiger partial charge in [0.15, 0.2) is 0 Å². The Labute approximate surface area is 246 Å². The van der Waals surface area contributed by atoms with Crippen molar-refractivity contribution in [2.45, 2.75) is 125 Å². The summed E-state index contributed by atoms with van der Waals surface area (Å²) in [7, 11) is 0. The Balaban J connectivity index is 1.62. The maximum absolute atomic E-state index is 12.7. The molecule has 0 bridgehead atoms. The molecule has 0 radical (unpaired) electrons. The van der Waals surface area contributed by atoms with E-state index in [1.165, 1.54) is 13.8 Å². The van der Waals surface area contributed by atoms with Crippen LogP contribution in [0.2, 0.25) is 0 Å². The maximum Gasteiger partial charge on any atom is 0.303 e. The molecule has 41 heavy (non-hydrogen) atoms. The van der Waals surface area contributed by atoms with Crippen LogP contribution >= 0.6 is 0 Å². The topological polar surface area (TPSA) is 113 Å². The van der Waals surface area contributed by atoms with Crippen LogP contribution in [-0.2, 0) is 19.1 Å². The standard InChI is InChI=1S/C34H54O7/c1-16(2)18(4)33(8)15-24(33)17(3)23-14-26(40-19(5)35)28-27-25(38)13-21-12-22(37)10-11-32(21,7)29(27)30(39)31(34(23,28)9)41-20(6)36/h13,16-18,22-31,37-39H,10-12,14-15H2,1-9H3/t17?,18?,22-,23+,24+,25?,26?,27?,28?,29?,30?,31+,32-,33+,34+/m0/s1. The van der Waals surface area contributed by atoms with Gasteiger partial charge in [-0.2, -0.15) is 0 Å². The molecule has 4 fully saturated rings. The summed E-state index contributed by atoms with van der Waals surface area (Å²) in [5.41, 5.74) is 0.0175. The zero-order valence-electron chi connectivity index (χ0n) is 26.6. The molecule has 5 aliphatic rings. The van der Waals surface area contributed by atoms with E-state index in [0.717, 1.165) is 12.0 Å². The van der Waals surface area contributed by atoms with E-state index in [1.54, 1.807) is 0 Å². The molecular weight excluding hydrogens is 520 g/mol. The second-order valence-corrected chi connectivity index (χ2v) is 15.7. The number of fused-ring (bicyclic) bond motifs is 5. The summed E-state index contributed by atoms with van der Waals surface area (Å²) in [6, 6.07) is 0. The lowest BCUT2D eigenvalue weighted by Gasteiger charge is -2.63. The molecule has 15 atom stereocenters. The number of aliphatic hydroxyl groups excluding tert-OH is 3. The Kier molecular flexibility index (Phi) is 7.81. The Bertz CT molecular complexity index is 1080. The average Bonchev–Trinajstić information content (AvgIpc) is 3.48. The van der Waals surface area contributed by atoms with E-state index in [1.807, 2.05) is 6.08 Å². The summed E-state index contributed by atoms with van der Waals surface area (Å²) in [5.74, 6) is 0.0415. The molecule has 0 aromatic heterocycles. The minimum absolute atomic E-state index is 0.0292. The van der Waals surface area contributed by atoms with E-state index in [0.29, 0.717) is 43.4 Å². The minimum Gasteiger partial charge on any atom is -0.462 e. The molecule has 7 nitrogen and oxygen atoms in total. The quantitative estimate of drug-likeness (QED) is 0.305. The summed E-state index contributed by atoms with van der Waals surface area (Å²) in [6.45, 7) is 18.7. The van der Waals surface area contributed by atoms with E-state index < -0.39 is 53.2 Å². The molecule has 5 rings (SSSR count). The van der Waals surface area contributed by atoms with Crippen LogP contribution in [-0.4, -0.2) is 57.8 Å². The monoisotopic (exact) mass is 574 g/mol. The molecule has 0 aliphatic heterocycles. The van der Waals surface area contributed by atoms with Gasteiger partial charge in [0.2, 0.25) is 0 Å². The van der Waals surface area contributed by atoms with Crippen LogP contribution in [0.1, 0.15) is 94.4 Å². The van der Waals surface area contributed by atoms with Crippen molar-refractivity contribution in [3.63, 3.8) is 0 Å². The SMILES string of the molecule is CC(=O)OC1C[C@H](C(C)[C@H]2C[C@]2(C)C(C)C(C)C)[C@]2(C)C1C1C(O)C=C3C[C@@H](O)CC[C@]3(C)C1C(O)[C@H]2OC(C)=O. The van der Waals surface area contributed by atoms with Gasteiger partial charge in [-0.1, -0.05) is 60.1 Å². The highest BCUT2D eigenvalue weighted by Gasteiger charge is 2.73. The second kappa shape index (κ2) is 10.3. The average molecular weight is 575 g/mol. The summed E-state index contributed by atoms with van der Waals surface area (Å²) in [4.78, 5) is 25.2. The number of hydrogen-bond donors (Lipinski definition) is 3. The Morgan fingerprint density at radius 1 is 0.951 bits per heavy atom. The highest BCUT2D eigenvalue weighted by molar-refractivity contribution is 5.67. The summed E-state index contributed by atoms with van der Waals surface area (Å²) >= 11 is 0. The molecule has 5 aliphatic carbocycles. The van der Waals surface area contributed by atoms with Gasteiger partial charge in [0.1, 0.15) is 12.2 Å². The molecule has 4 saturated carbocycles. The molecule has 0 spiro atoms. The lowest BCUT2D eigenvalue weighted by Crippen LogP contribution is -2.68. The van der Waals surface area contributed by atoms with Crippen molar-refractivity contribution in [3.05, 3.63) is 11.6 Å². The fraction of sp³-hybridized carbons (Fsp3) is 0.882.